The first-order chi connectivity index (χ1) is 12.1. The van der Waals surface area contributed by atoms with Crippen molar-refractivity contribution in [3.05, 3.63) is 47.8 Å². The number of nitrogens with zero attached hydrogens (tertiary/aromatic N) is 2. The van der Waals surface area contributed by atoms with Crippen LogP contribution in [0.4, 0.5) is 10.2 Å². The Kier molecular flexibility index (Phi) is 3.97. The number of halogens is 1. The molecule has 128 valence electrons. The van der Waals surface area contributed by atoms with E-state index in [1.807, 2.05) is 25.1 Å². The van der Waals surface area contributed by atoms with Gasteiger partial charge in [-0.3, -0.25) is 0 Å². The zero-order valence-electron chi connectivity index (χ0n) is 13.9. The molecule has 1 aromatic heterocycles. The van der Waals surface area contributed by atoms with Crippen LogP contribution in [0, 0.1) is 12.7 Å². The molecular formula is C19H19FN4O. The van der Waals surface area contributed by atoms with Crippen LogP contribution < -0.4 is 10.6 Å². The summed E-state index contributed by atoms with van der Waals surface area (Å²) in [4.78, 5) is 9.14. The highest BCUT2D eigenvalue weighted by Crippen LogP contribution is 2.31. The van der Waals surface area contributed by atoms with Gasteiger partial charge in [0.25, 0.3) is 0 Å². The molecule has 5 nitrogen and oxygen atoms in total. The largest absolute Gasteiger partial charge is 0.507 e. The van der Waals surface area contributed by atoms with Gasteiger partial charge < -0.3 is 15.7 Å². The normalized spacial score (nSPS) is 17.1. The van der Waals surface area contributed by atoms with Gasteiger partial charge in [-0.05, 0) is 55.8 Å². The number of aryl methyl sites for hydroxylation is 1. The summed E-state index contributed by atoms with van der Waals surface area (Å²) in [5.74, 6) is 0.540. The number of nitrogens with one attached hydrogen (secondary N) is 2. The van der Waals surface area contributed by atoms with Crippen LogP contribution in [0.2, 0.25) is 0 Å². The molecule has 25 heavy (non-hydrogen) atoms. The maximum atomic E-state index is 13.6. The van der Waals surface area contributed by atoms with Crippen molar-refractivity contribution in [1.29, 1.82) is 0 Å². The van der Waals surface area contributed by atoms with Crippen molar-refractivity contribution in [1.82, 2.24) is 15.3 Å². The predicted molar refractivity (Wildman–Crippen MR) is 96.2 cm³/mol. The predicted octanol–water partition coefficient (Wildman–Crippen LogP) is 3.22. The smallest absolute Gasteiger partial charge is 0.165 e. The molecule has 0 aliphatic carbocycles. The first kappa shape index (κ1) is 15.8. The number of fused-ring (bicyclic) bond motifs is 1. The molecule has 6 heteroatoms. The number of aromatic hydroxyl groups is 1. The average molecular weight is 338 g/mol. The van der Waals surface area contributed by atoms with Gasteiger partial charge in [0.15, 0.2) is 5.82 Å². The van der Waals surface area contributed by atoms with Crippen LogP contribution in [0.15, 0.2) is 36.4 Å². The van der Waals surface area contributed by atoms with E-state index < -0.39 is 5.82 Å². The molecule has 3 N–H and O–H groups in total. The van der Waals surface area contributed by atoms with E-state index in [2.05, 4.69) is 20.6 Å². The molecule has 1 atom stereocenters. The summed E-state index contributed by atoms with van der Waals surface area (Å²) in [6, 6.07) is 10.1. The second kappa shape index (κ2) is 6.29. The molecule has 1 unspecified atom stereocenters. The molecule has 1 aliphatic rings. The van der Waals surface area contributed by atoms with Crippen molar-refractivity contribution in [2.24, 2.45) is 0 Å². The van der Waals surface area contributed by atoms with Crippen molar-refractivity contribution in [3.63, 3.8) is 0 Å². The third-order valence-corrected chi connectivity index (χ3v) is 4.45. The number of anilines is 1. The fourth-order valence-corrected chi connectivity index (χ4v) is 3.13. The average Bonchev–Trinajstić information content (AvgIpc) is 3.09. The molecule has 2 heterocycles. The van der Waals surface area contributed by atoms with Crippen LogP contribution in [-0.4, -0.2) is 34.2 Å². The van der Waals surface area contributed by atoms with Gasteiger partial charge in [0.2, 0.25) is 0 Å². The van der Waals surface area contributed by atoms with E-state index in [-0.39, 0.29) is 17.4 Å². The summed E-state index contributed by atoms with van der Waals surface area (Å²) < 4.78 is 13.6. The Morgan fingerprint density at radius 2 is 2.08 bits per heavy atom. The van der Waals surface area contributed by atoms with Crippen LogP contribution in [0.3, 0.4) is 0 Å². The molecule has 2 aromatic carbocycles. The molecule has 0 saturated carbocycles. The first-order valence-corrected chi connectivity index (χ1v) is 8.35. The summed E-state index contributed by atoms with van der Waals surface area (Å²) in [5, 5.41) is 17.8. The van der Waals surface area contributed by atoms with E-state index in [0.717, 1.165) is 36.0 Å². The van der Waals surface area contributed by atoms with Gasteiger partial charge >= 0.3 is 0 Å². The summed E-state index contributed by atoms with van der Waals surface area (Å²) in [7, 11) is 0. The summed E-state index contributed by atoms with van der Waals surface area (Å²) >= 11 is 0. The monoisotopic (exact) mass is 338 g/mol. The van der Waals surface area contributed by atoms with Crippen LogP contribution in [0.5, 0.6) is 5.75 Å². The van der Waals surface area contributed by atoms with Crippen LogP contribution in [0.25, 0.3) is 22.3 Å². The summed E-state index contributed by atoms with van der Waals surface area (Å²) in [5.41, 5.74) is 2.13. The van der Waals surface area contributed by atoms with Crippen LogP contribution in [0.1, 0.15) is 12.0 Å². The number of phenols is 1. The van der Waals surface area contributed by atoms with Crippen molar-refractivity contribution < 1.29 is 9.50 Å². The molecule has 3 aromatic rings. The minimum Gasteiger partial charge on any atom is -0.507 e. The molecule has 4 rings (SSSR count). The zero-order valence-corrected chi connectivity index (χ0v) is 13.9. The van der Waals surface area contributed by atoms with Crippen LogP contribution >= 0.6 is 0 Å². The highest BCUT2D eigenvalue weighted by Gasteiger charge is 2.18. The Morgan fingerprint density at radius 1 is 1.20 bits per heavy atom. The van der Waals surface area contributed by atoms with Gasteiger partial charge in [-0.25, -0.2) is 14.4 Å². The van der Waals surface area contributed by atoms with Crippen molar-refractivity contribution in [3.8, 4) is 17.1 Å². The van der Waals surface area contributed by atoms with Gasteiger partial charge in [-0.2, -0.15) is 0 Å². The van der Waals surface area contributed by atoms with E-state index in [0.29, 0.717) is 11.6 Å². The fourth-order valence-electron chi connectivity index (χ4n) is 3.13. The maximum absolute atomic E-state index is 13.6. The van der Waals surface area contributed by atoms with Gasteiger partial charge in [0.05, 0.1) is 11.1 Å². The number of hydrogen-bond donors (Lipinski definition) is 3. The van der Waals surface area contributed by atoms with E-state index in [1.54, 1.807) is 0 Å². The van der Waals surface area contributed by atoms with E-state index in [9.17, 15) is 9.50 Å². The summed E-state index contributed by atoms with van der Waals surface area (Å²) in [6.45, 7) is 3.84. The van der Waals surface area contributed by atoms with E-state index in [1.165, 1.54) is 18.2 Å². The molecular weight excluding hydrogens is 319 g/mol. The molecule has 0 amide bonds. The third kappa shape index (κ3) is 3.13. The number of rotatable bonds is 3. The summed E-state index contributed by atoms with van der Waals surface area (Å²) in [6.07, 6.45) is 1.01. The fraction of sp³-hybridized carbons (Fsp3) is 0.263. The number of phenolic OH excluding ortho intramolecular Hbond substituents is 1. The minimum atomic E-state index is -0.435. The highest BCUT2D eigenvalue weighted by atomic mass is 19.1. The van der Waals surface area contributed by atoms with Crippen molar-refractivity contribution in [2.45, 2.75) is 19.4 Å². The Labute approximate surface area is 144 Å². The maximum Gasteiger partial charge on any atom is 0.165 e. The van der Waals surface area contributed by atoms with Gasteiger partial charge in [-0.15, -0.1) is 0 Å². The quantitative estimate of drug-likeness (QED) is 0.684. The lowest BCUT2D eigenvalue weighted by Gasteiger charge is -2.16. The first-order valence-electron chi connectivity index (χ1n) is 8.35. The topological polar surface area (TPSA) is 70.1 Å². The second-order valence-corrected chi connectivity index (χ2v) is 6.41. The van der Waals surface area contributed by atoms with Gasteiger partial charge in [0, 0.05) is 18.0 Å². The number of benzene rings is 2. The van der Waals surface area contributed by atoms with E-state index >= 15 is 0 Å². The SMILES string of the molecule is Cc1ccc2c(NC3CCNC3)nc(-c3cc(F)ccc3O)nc2c1. The Morgan fingerprint density at radius 3 is 2.88 bits per heavy atom. The van der Waals surface area contributed by atoms with Gasteiger partial charge in [0.1, 0.15) is 17.4 Å². The minimum absolute atomic E-state index is 0.0399. The standard InChI is InChI=1S/C19H19FN4O/c1-11-2-4-14-16(8-11)23-19(15-9-12(20)3-5-17(15)25)24-18(14)22-13-6-7-21-10-13/h2-5,8-9,13,21,25H,6-7,10H2,1H3,(H,22,23,24). The molecule has 0 radical (unpaired) electrons. The second-order valence-electron chi connectivity index (χ2n) is 6.41. The number of hydrogen-bond acceptors (Lipinski definition) is 5. The Balaban J connectivity index is 1.88. The molecule has 1 saturated heterocycles. The van der Waals surface area contributed by atoms with Gasteiger partial charge in [-0.1, -0.05) is 6.07 Å². The lowest BCUT2D eigenvalue weighted by molar-refractivity contribution is 0.475. The Bertz CT molecular complexity index is 938. The van der Waals surface area contributed by atoms with Crippen LogP contribution in [-0.2, 0) is 0 Å². The zero-order chi connectivity index (χ0) is 17.4. The number of aromatic nitrogens is 2. The molecule has 0 bridgehead atoms. The van der Waals surface area contributed by atoms with Crippen molar-refractivity contribution >= 4 is 16.7 Å². The third-order valence-electron chi connectivity index (χ3n) is 4.45. The Hall–Kier alpha value is -2.73. The van der Waals surface area contributed by atoms with E-state index in [4.69, 9.17) is 0 Å². The highest BCUT2D eigenvalue weighted by molar-refractivity contribution is 5.91. The lowest BCUT2D eigenvalue weighted by atomic mass is 10.1. The molecule has 1 aliphatic heterocycles. The lowest BCUT2D eigenvalue weighted by Crippen LogP contribution is -2.23. The van der Waals surface area contributed by atoms with Crippen molar-refractivity contribution in [2.75, 3.05) is 18.4 Å². The molecule has 1 fully saturated rings. The molecule has 0 spiro atoms.